The van der Waals surface area contributed by atoms with Crippen molar-refractivity contribution < 1.29 is 9.84 Å². The Labute approximate surface area is 114 Å². The third-order valence-corrected chi connectivity index (χ3v) is 3.74. The molecule has 1 atom stereocenters. The Morgan fingerprint density at radius 1 is 1.17 bits per heavy atom. The van der Waals surface area contributed by atoms with Crippen LogP contribution in [0, 0.1) is 6.92 Å². The van der Waals surface area contributed by atoms with Crippen LogP contribution in [0.1, 0.15) is 28.4 Å². The minimum atomic E-state index is -0.630. The zero-order chi connectivity index (χ0) is 12.7. The second-order valence-electron chi connectivity index (χ2n) is 4.58. The maximum absolute atomic E-state index is 10.5. The summed E-state index contributed by atoms with van der Waals surface area (Å²) in [6, 6.07) is 11.8. The molecule has 2 aromatic carbocycles. The quantitative estimate of drug-likeness (QED) is 0.803. The lowest BCUT2D eigenvalue weighted by Crippen LogP contribution is -2.01. The fraction of sp³-hybridized carbons (Fsp3) is 0.200. The van der Waals surface area contributed by atoms with Gasteiger partial charge in [-0.15, -0.1) is 0 Å². The number of benzene rings is 2. The molecule has 0 aromatic heterocycles. The van der Waals surface area contributed by atoms with Crippen LogP contribution in [-0.2, 0) is 6.61 Å². The van der Waals surface area contributed by atoms with E-state index < -0.39 is 6.10 Å². The Bertz CT molecular complexity index is 554. The van der Waals surface area contributed by atoms with E-state index in [1.54, 1.807) is 0 Å². The minimum absolute atomic E-state index is 0.496. The molecule has 2 aromatic rings. The Balaban J connectivity index is 2.18. The van der Waals surface area contributed by atoms with Crippen LogP contribution in [0.2, 0.25) is 0 Å². The lowest BCUT2D eigenvalue weighted by Gasteiger charge is -2.13. The number of hydrogen-bond acceptors (Lipinski definition) is 2. The molecule has 2 nitrogen and oxygen atoms in total. The fourth-order valence-electron chi connectivity index (χ4n) is 2.29. The molecule has 0 bridgehead atoms. The summed E-state index contributed by atoms with van der Waals surface area (Å²) >= 11 is 3.45. The molecule has 92 valence electrons. The highest BCUT2D eigenvalue weighted by Crippen LogP contribution is 2.37. The van der Waals surface area contributed by atoms with Gasteiger partial charge in [-0.1, -0.05) is 33.6 Å². The van der Waals surface area contributed by atoms with Gasteiger partial charge in [0.15, 0.2) is 0 Å². The predicted molar refractivity (Wildman–Crippen MR) is 73.7 cm³/mol. The van der Waals surface area contributed by atoms with E-state index in [9.17, 15) is 5.11 Å². The summed E-state index contributed by atoms with van der Waals surface area (Å²) in [6.07, 6.45) is -0.630. The van der Waals surface area contributed by atoms with Crippen molar-refractivity contribution in [2.24, 2.45) is 0 Å². The van der Waals surface area contributed by atoms with E-state index in [1.165, 1.54) is 0 Å². The summed E-state index contributed by atoms with van der Waals surface area (Å²) in [4.78, 5) is 0. The number of hydrogen-bond donors (Lipinski definition) is 1. The van der Waals surface area contributed by atoms with Gasteiger partial charge in [0.25, 0.3) is 0 Å². The Morgan fingerprint density at radius 3 is 2.83 bits per heavy atom. The summed E-state index contributed by atoms with van der Waals surface area (Å²) in [7, 11) is 0. The van der Waals surface area contributed by atoms with Gasteiger partial charge in [0.1, 0.15) is 18.5 Å². The van der Waals surface area contributed by atoms with Crippen molar-refractivity contribution >= 4 is 15.9 Å². The van der Waals surface area contributed by atoms with Crippen LogP contribution in [0.5, 0.6) is 5.75 Å². The van der Waals surface area contributed by atoms with Crippen molar-refractivity contribution in [3.8, 4) is 5.75 Å². The maximum Gasteiger partial charge on any atom is 0.125 e. The number of aliphatic hydroxyl groups excluding tert-OH is 1. The van der Waals surface area contributed by atoms with Crippen LogP contribution in [-0.4, -0.2) is 5.11 Å². The molecule has 1 heterocycles. The van der Waals surface area contributed by atoms with Crippen LogP contribution in [0.15, 0.2) is 40.9 Å². The Morgan fingerprint density at radius 2 is 2.00 bits per heavy atom. The number of halogens is 1. The molecule has 0 saturated heterocycles. The van der Waals surface area contributed by atoms with Gasteiger partial charge < -0.3 is 9.84 Å². The Kier molecular flexibility index (Phi) is 2.88. The van der Waals surface area contributed by atoms with Gasteiger partial charge in [-0.3, -0.25) is 0 Å². The maximum atomic E-state index is 10.5. The number of rotatable bonds is 0. The molecule has 0 fully saturated rings. The van der Waals surface area contributed by atoms with Gasteiger partial charge in [-0.2, -0.15) is 0 Å². The monoisotopic (exact) mass is 304 g/mol. The molecule has 1 aliphatic rings. The molecule has 18 heavy (non-hydrogen) atoms. The van der Waals surface area contributed by atoms with Crippen molar-refractivity contribution in [1.29, 1.82) is 0 Å². The van der Waals surface area contributed by atoms with Gasteiger partial charge in [0.05, 0.1) is 0 Å². The summed E-state index contributed by atoms with van der Waals surface area (Å²) in [5, 5.41) is 10.5. The first kappa shape index (κ1) is 11.8. The zero-order valence-corrected chi connectivity index (χ0v) is 11.6. The molecule has 0 aliphatic carbocycles. The van der Waals surface area contributed by atoms with Crippen molar-refractivity contribution in [3.63, 3.8) is 0 Å². The molecule has 0 amide bonds. The van der Waals surface area contributed by atoms with E-state index in [4.69, 9.17) is 4.74 Å². The molecule has 0 saturated carbocycles. The second-order valence-corrected chi connectivity index (χ2v) is 5.49. The SMILES string of the molecule is Cc1ccc2c(c1)C(O)c1cc(Br)ccc1CO2. The molecular weight excluding hydrogens is 292 g/mol. The van der Waals surface area contributed by atoms with Crippen LogP contribution in [0.4, 0.5) is 0 Å². The van der Waals surface area contributed by atoms with Gasteiger partial charge in [-0.25, -0.2) is 0 Å². The van der Waals surface area contributed by atoms with Crippen molar-refractivity contribution in [2.45, 2.75) is 19.6 Å². The van der Waals surface area contributed by atoms with Crippen LogP contribution >= 0.6 is 15.9 Å². The molecule has 0 spiro atoms. The summed E-state index contributed by atoms with van der Waals surface area (Å²) in [6.45, 7) is 2.51. The molecular formula is C15H13BrO2. The number of aliphatic hydroxyl groups is 1. The van der Waals surface area contributed by atoms with Gasteiger partial charge in [-0.05, 0) is 42.3 Å². The number of ether oxygens (including phenoxy) is 1. The van der Waals surface area contributed by atoms with Crippen LogP contribution < -0.4 is 4.74 Å². The second kappa shape index (κ2) is 4.41. The van der Waals surface area contributed by atoms with Crippen LogP contribution in [0.25, 0.3) is 0 Å². The van der Waals surface area contributed by atoms with E-state index in [0.29, 0.717) is 6.61 Å². The first-order chi connectivity index (χ1) is 8.65. The lowest BCUT2D eigenvalue weighted by atomic mass is 9.96. The summed E-state index contributed by atoms with van der Waals surface area (Å²) < 4.78 is 6.73. The topological polar surface area (TPSA) is 29.5 Å². The van der Waals surface area contributed by atoms with Gasteiger partial charge >= 0.3 is 0 Å². The minimum Gasteiger partial charge on any atom is -0.488 e. The highest BCUT2D eigenvalue weighted by Gasteiger charge is 2.22. The lowest BCUT2D eigenvalue weighted by molar-refractivity contribution is 0.218. The first-order valence-electron chi connectivity index (χ1n) is 5.85. The Hall–Kier alpha value is -1.32. The first-order valence-corrected chi connectivity index (χ1v) is 6.64. The largest absolute Gasteiger partial charge is 0.488 e. The van der Waals surface area contributed by atoms with Crippen molar-refractivity contribution in [3.05, 3.63) is 63.1 Å². The van der Waals surface area contributed by atoms with Gasteiger partial charge in [0.2, 0.25) is 0 Å². The average molecular weight is 305 g/mol. The molecule has 1 aliphatic heterocycles. The third-order valence-electron chi connectivity index (χ3n) is 3.25. The van der Waals surface area contributed by atoms with E-state index in [1.807, 2.05) is 43.3 Å². The standard InChI is InChI=1S/C15H13BrO2/c1-9-2-5-14-13(6-9)15(17)12-7-11(16)4-3-10(12)8-18-14/h2-7,15,17H,8H2,1H3. The number of aryl methyl sites for hydroxylation is 1. The van der Waals surface area contributed by atoms with E-state index in [2.05, 4.69) is 15.9 Å². The predicted octanol–water partition coefficient (Wildman–Crippen LogP) is 3.73. The highest BCUT2D eigenvalue weighted by atomic mass is 79.9. The van der Waals surface area contributed by atoms with E-state index in [-0.39, 0.29) is 0 Å². The zero-order valence-electron chi connectivity index (χ0n) is 9.98. The van der Waals surface area contributed by atoms with Crippen molar-refractivity contribution in [1.82, 2.24) is 0 Å². The molecule has 3 rings (SSSR count). The molecule has 3 heteroatoms. The van der Waals surface area contributed by atoms with Crippen LogP contribution in [0.3, 0.4) is 0 Å². The van der Waals surface area contributed by atoms with E-state index >= 15 is 0 Å². The molecule has 0 radical (unpaired) electrons. The highest BCUT2D eigenvalue weighted by molar-refractivity contribution is 9.10. The smallest absolute Gasteiger partial charge is 0.125 e. The fourth-order valence-corrected chi connectivity index (χ4v) is 2.67. The average Bonchev–Trinajstić information content (AvgIpc) is 2.49. The normalized spacial score (nSPS) is 17.4. The molecule has 1 N–H and O–H groups in total. The molecule has 1 unspecified atom stereocenters. The summed E-state index contributed by atoms with van der Waals surface area (Å²) in [5.41, 5.74) is 3.90. The third kappa shape index (κ3) is 1.93. The number of fused-ring (bicyclic) bond motifs is 2. The van der Waals surface area contributed by atoms with Crippen molar-refractivity contribution in [2.75, 3.05) is 0 Å². The summed E-state index contributed by atoms with van der Waals surface area (Å²) in [5.74, 6) is 0.764. The van der Waals surface area contributed by atoms with E-state index in [0.717, 1.165) is 32.5 Å². The van der Waals surface area contributed by atoms with Gasteiger partial charge in [0, 0.05) is 10.0 Å².